The van der Waals surface area contributed by atoms with Crippen LogP contribution >= 0.6 is 0 Å². The Morgan fingerprint density at radius 2 is 2.40 bits per heavy atom. The molecular weight excluding hydrogens is 190 g/mol. The lowest BCUT2D eigenvalue weighted by Crippen LogP contribution is -2.36. The van der Waals surface area contributed by atoms with Crippen molar-refractivity contribution in [1.82, 2.24) is 14.5 Å². The number of hydrogen-bond donors (Lipinski definition) is 0. The summed E-state index contributed by atoms with van der Waals surface area (Å²) < 4.78 is 1.55. The van der Waals surface area contributed by atoms with Gasteiger partial charge in [-0.2, -0.15) is 0 Å². The first-order chi connectivity index (χ1) is 7.31. The normalized spacial score (nSPS) is 15.3. The third-order valence-corrected chi connectivity index (χ3v) is 2.66. The van der Waals surface area contributed by atoms with E-state index < -0.39 is 0 Å². The summed E-state index contributed by atoms with van der Waals surface area (Å²) in [5, 5.41) is 0. The lowest BCUT2D eigenvalue weighted by molar-refractivity contribution is 0.197. The van der Waals surface area contributed by atoms with Gasteiger partial charge in [-0.05, 0) is 25.2 Å². The van der Waals surface area contributed by atoms with E-state index in [-0.39, 0.29) is 6.03 Å². The summed E-state index contributed by atoms with van der Waals surface area (Å²) in [5.41, 5.74) is 0. The second kappa shape index (κ2) is 4.47. The molecule has 1 aromatic rings. The van der Waals surface area contributed by atoms with Gasteiger partial charge in [0.05, 0.1) is 0 Å². The molecule has 0 saturated heterocycles. The maximum absolute atomic E-state index is 12.0. The largest absolute Gasteiger partial charge is 0.329 e. The predicted molar refractivity (Wildman–Crippen MR) is 57.6 cm³/mol. The Morgan fingerprint density at radius 3 is 2.93 bits per heavy atom. The van der Waals surface area contributed by atoms with Crippen LogP contribution in [0.5, 0.6) is 0 Å². The van der Waals surface area contributed by atoms with Crippen LogP contribution in [0.1, 0.15) is 26.2 Å². The Kier molecular flexibility index (Phi) is 3.04. The summed E-state index contributed by atoms with van der Waals surface area (Å²) in [7, 11) is 0. The highest BCUT2D eigenvalue weighted by Crippen LogP contribution is 2.29. The fourth-order valence-electron chi connectivity index (χ4n) is 1.68. The van der Waals surface area contributed by atoms with Crippen molar-refractivity contribution in [2.45, 2.75) is 26.2 Å². The molecule has 0 unspecified atom stereocenters. The zero-order valence-corrected chi connectivity index (χ0v) is 9.09. The van der Waals surface area contributed by atoms with Crippen molar-refractivity contribution >= 4 is 6.03 Å². The van der Waals surface area contributed by atoms with Crippen molar-refractivity contribution in [2.75, 3.05) is 13.1 Å². The van der Waals surface area contributed by atoms with Crippen LogP contribution in [0.2, 0.25) is 0 Å². The van der Waals surface area contributed by atoms with Crippen LogP contribution in [0.15, 0.2) is 18.7 Å². The van der Waals surface area contributed by atoms with Gasteiger partial charge in [0.1, 0.15) is 6.33 Å². The molecule has 1 amide bonds. The standard InChI is InChI=1S/C11H17N3O/c1-2-6-13(8-10-3-4-10)11(15)14-7-5-12-9-14/h5,7,9-10H,2-4,6,8H2,1H3. The molecule has 0 radical (unpaired) electrons. The van der Waals surface area contributed by atoms with E-state index in [4.69, 9.17) is 0 Å². The molecule has 0 spiro atoms. The molecule has 1 aliphatic carbocycles. The minimum absolute atomic E-state index is 0.0567. The number of aromatic nitrogens is 2. The monoisotopic (exact) mass is 207 g/mol. The maximum Gasteiger partial charge on any atom is 0.329 e. The Morgan fingerprint density at radius 1 is 1.60 bits per heavy atom. The maximum atomic E-state index is 12.0. The fraction of sp³-hybridized carbons (Fsp3) is 0.636. The minimum Gasteiger partial charge on any atom is -0.324 e. The average Bonchev–Trinajstić information content (AvgIpc) is 2.88. The van der Waals surface area contributed by atoms with E-state index >= 15 is 0 Å². The predicted octanol–water partition coefficient (Wildman–Crippen LogP) is 1.97. The molecule has 0 bridgehead atoms. The quantitative estimate of drug-likeness (QED) is 0.757. The first kappa shape index (κ1) is 10.2. The minimum atomic E-state index is 0.0567. The van der Waals surface area contributed by atoms with Crippen LogP contribution in [-0.2, 0) is 0 Å². The molecule has 1 aliphatic rings. The van der Waals surface area contributed by atoms with Gasteiger partial charge < -0.3 is 4.90 Å². The van der Waals surface area contributed by atoms with Gasteiger partial charge in [-0.3, -0.25) is 4.57 Å². The van der Waals surface area contributed by atoms with Gasteiger partial charge in [0, 0.05) is 25.5 Å². The van der Waals surface area contributed by atoms with E-state index in [9.17, 15) is 4.79 Å². The number of rotatable bonds is 4. The van der Waals surface area contributed by atoms with E-state index in [0.29, 0.717) is 0 Å². The topological polar surface area (TPSA) is 38.1 Å². The molecule has 0 aromatic carbocycles. The lowest BCUT2D eigenvalue weighted by atomic mass is 10.3. The van der Waals surface area contributed by atoms with Crippen molar-refractivity contribution in [1.29, 1.82) is 0 Å². The molecule has 2 rings (SSSR count). The van der Waals surface area contributed by atoms with Gasteiger partial charge in [-0.1, -0.05) is 6.92 Å². The van der Waals surface area contributed by atoms with Crippen molar-refractivity contribution in [3.05, 3.63) is 18.7 Å². The zero-order chi connectivity index (χ0) is 10.7. The molecule has 1 heterocycles. The number of imidazole rings is 1. The number of nitrogens with zero attached hydrogens (tertiary/aromatic N) is 3. The zero-order valence-electron chi connectivity index (χ0n) is 9.09. The average molecular weight is 207 g/mol. The Balaban J connectivity index is 1.99. The summed E-state index contributed by atoms with van der Waals surface area (Å²) in [6.45, 7) is 3.85. The second-order valence-electron chi connectivity index (χ2n) is 4.14. The molecule has 0 aliphatic heterocycles. The molecule has 0 atom stereocenters. The van der Waals surface area contributed by atoms with Crippen LogP contribution in [0.4, 0.5) is 4.79 Å². The second-order valence-corrected chi connectivity index (χ2v) is 4.14. The van der Waals surface area contributed by atoms with Crippen molar-refractivity contribution in [2.24, 2.45) is 5.92 Å². The third kappa shape index (κ3) is 2.58. The van der Waals surface area contributed by atoms with Crippen LogP contribution < -0.4 is 0 Å². The molecule has 82 valence electrons. The molecule has 0 N–H and O–H groups in total. The van der Waals surface area contributed by atoms with Crippen molar-refractivity contribution < 1.29 is 4.79 Å². The number of hydrogen-bond acceptors (Lipinski definition) is 2. The lowest BCUT2D eigenvalue weighted by Gasteiger charge is -2.21. The molecule has 15 heavy (non-hydrogen) atoms. The Hall–Kier alpha value is -1.32. The van der Waals surface area contributed by atoms with Gasteiger partial charge in [0.25, 0.3) is 0 Å². The molecule has 1 saturated carbocycles. The van der Waals surface area contributed by atoms with Crippen LogP contribution in [0.25, 0.3) is 0 Å². The summed E-state index contributed by atoms with van der Waals surface area (Å²) in [6.07, 6.45) is 8.47. The highest BCUT2D eigenvalue weighted by molar-refractivity contribution is 5.76. The molecule has 4 nitrogen and oxygen atoms in total. The molecule has 1 fully saturated rings. The highest BCUT2D eigenvalue weighted by Gasteiger charge is 2.26. The molecule has 1 aromatic heterocycles. The van der Waals surface area contributed by atoms with E-state index in [0.717, 1.165) is 25.4 Å². The number of amides is 1. The fourth-order valence-corrected chi connectivity index (χ4v) is 1.68. The van der Waals surface area contributed by atoms with Crippen molar-refractivity contribution in [3.8, 4) is 0 Å². The van der Waals surface area contributed by atoms with Gasteiger partial charge in [0.2, 0.25) is 0 Å². The first-order valence-electron chi connectivity index (χ1n) is 5.58. The van der Waals surface area contributed by atoms with Gasteiger partial charge >= 0.3 is 6.03 Å². The molecule has 4 heteroatoms. The Bertz CT molecular complexity index is 317. The SMILES string of the molecule is CCCN(CC1CC1)C(=O)n1ccnc1. The number of carbonyl (C=O) groups excluding carboxylic acids is 1. The molecular formula is C11H17N3O. The summed E-state index contributed by atoms with van der Waals surface area (Å²) in [5.74, 6) is 0.740. The van der Waals surface area contributed by atoms with Crippen molar-refractivity contribution in [3.63, 3.8) is 0 Å². The summed E-state index contributed by atoms with van der Waals surface area (Å²) in [4.78, 5) is 17.8. The van der Waals surface area contributed by atoms with Crippen LogP contribution in [-0.4, -0.2) is 33.6 Å². The van der Waals surface area contributed by atoms with E-state index in [1.807, 2.05) is 4.90 Å². The van der Waals surface area contributed by atoms with E-state index in [1.54, 1.807) is 23.3 Å². The van der Waals surface area contributed by atoms with E-state index in [2.05, 4.69) is 11.9 Å². The number of carbonyl (C=O) groups is 1. The van der Waals surface area contributed by atoms with E-state index in [1.165, 1.54) is 12.8 Å². The first-order valence-corrected chi connectivity index (χ1v) is 5.58. The Labute approximate surface area is 89.9 Å². The summed E-state index contributed by atoms with van der Waals surface area (Å²) in [6, 6.07) is 0.0567. The highest BCUT2D eigenvalue weighted by atomic mass is 16.2. The summed E-state index contributed by atoms with van der Waals surface area (Å²) >= 11 is 0. The van der Waals surface area contributed by atoms with Gasteiger partial charge in [-0.25, -0.2) is 9.78 Å². The van der Waals surface area contributed by atoms with Crippen LogP contribution in [0, 0.1) is 5.92 Å². The van der Waals surface area contributed by atoms with Gasteiger partial charge in [-0.15, -0.1) is 0 Å². The van der Waals surface area contributed by atoms with Gasteiger partial charge in [0.15, 0.2) is 0 Å². The third-order valence-electron chi connectivity index (χ3n) is 2.66. The smallest absolute Gasteiger partial charge is 0.324 e. The van der Waals surface area contributed by atoms with Crippen LogP contribution in [0.3, 0.4) is 0 Å².